The minimum atomic E-state index is -0.221. The first-order valence-corrected chi connectivity index (χ1v) is 8.22. The van der Waals surface area contributed by atoms with Crippen LogP contribution in [0.3, 0.4) is 0 Å². The van der Waals surface area contributed by atoms with Crippen LogP contribution in [0.25, 0.3) is 0 Å². The summed E-state index contributed by atoms with van der Waals surface area (Å²) in [6.07, 6.45) is 0. The minimum absolute atomic E-state index is 0.123. The summed E-state index contributed by atoms with van der Waals surface area (Å²) in [5.74, 6) is -0.221. The summed E-state index contributed by atoms with van der Waals surface area (Å²) in [5, 5.41) is 7.83. The van der Waals surface area contributed by atoms with Crippen molar-refractivity contribution < 1.29 is 4.79 Å². The van der Waals surface area contributed by atoms with Gasteiger partial charge >= 0.3 is 0 Å². The van der Waals surface area contributed by atoms with Gasteiger partial charge in [-0.2, -0.15) is 5.10 Å². The van der Waals surface area contributed by atoms with Crippen molar-refractivity contribution in [3.8, 4) is 0 Å². The smallest absolute Gasteiger partial charge is 0.259 e. The summed E-state index contributed by atoms with van der Waals surface area (Å²) in [6, 6.07) is 13.3. The second kappa shape index (κ2) is 8.13. The molecular formula is C17H17BrClN3O. The fourth-order valence-electron chi connectivity index (χ4n) is 1.92. The molecule has 1 amide bonds. The molecule has 0 aromatic heterocycles. The van der Waals surface area contributed by atoms with E-state index in [9.17, 15) is 4.79 Å². The second-order valence-electron chi connectivity index (χ2n) is 5.01. The molecule has 0 aliphatic rings. The van der Waals surface area contributed by atoms with E-state index >= 15 is 0 Å². The highest BCUT2D eigenvalue weighted by Gasteiger charge is 2.05. The number of carbonyl (C=O) groups excluding carboxylic acids is 1. The Labute approximate surface area is 149 Å². The topological polar surface area (TPSA) is 53.5 Å². The molecule has 2 aromatic carbocycles. The highest BCUT2D eigenvalue weighted by Crippen LogP contribution is 2.22. The fourth-order valence-corrected chi connectivity index (χ4v) is 2.35. The number of nitrogens with one attached hydrogen (secondary N) is 2. The number of anilines is 1. The molecule has 0 radical (unpaired) electrons. The molecule has 2 N–H and O–H groups in total. The van der Waals surface area contributed by atoms with E-state index in [4.69, 9.17) is 11.6 Å². The van der Waals surface area contributed by atoms with Crippen molar-refractivity contribution in [2.24, 2.45) is 5.10 Å². The summed E-state index contributed by atoms with van der Waals surface area (Å²) in [5.41, 5.74) is 5.98. The quantitative estimate of drug-likeness (QED) is 0.584. The van der Waals surface area contributed by atoms with Crippen molar-refractivity contribution in [1.82, 2.24) is 5.43 Å². The summed E-state index contributed by atoms with van der Waals surface area (Å²) in [6.45, 7) is 3.87. The van der Waals surface area contributed by atoms with E-state index in [2.05, 4.69) is 31.8 Å². The van der Waals surface area contributed by atoms with Crippen LogP contribution in [0.15, 0.2) is 52.0 Å². The van der Waals surface area contributed by atoms with Crippen LogP contribution in [0.4, 0.5) is 5.69 Å². The van der Waals surface area contributed by atoms with Gasteiger partial charge in [0.25, 0.3) is 5.91 Å². The van der Waals surface area contributed by atoms with Crippen molar-refractivity contribution >= 4 is 44.8 Å². The van der Waals surface area contributed by atoms with Crippen LogP contribution in [0.5, 0.6) is 0 Å². The molecule has 6 heteroatoms. The molecule has 4 nitrogen and oxygen atoms in total. The summed E-state index contributed by atoms with van der Waals surface area (Å²) in [4.78, 5) is 11.9. The van der Waals surface area contributed by atoms with Gasteiger partial charge in [0, 0.05) is 15.2 Å². The lowest BCUT2D eigenvalue weighted by Crippen LogP contribution is -2.27. The van der Waals surface area contributed by atoms with Gasteiger partial charge < -0.3 is 5.32 Å². The van der Waals surface area contributed by atoms with Gasteiger partial charge in [-0.15, -0.1) is 0 Å². The number of amides is 1. The standard InChI is InChI=1S/C17H17BrClN3O/c1-11-15(19)4-3-5-16(11)20-10-17(23)22-21-12(2)13-6-8-14(18)9-7-13/h3-9,20H,10H2,1-2H3,(H,22,23)/b21-12-. The predicted molar refractivity (Wildman–Crippen MR) is 99.2 cm³/mol. The number of halogens is 2. The van der Waals surface area contributed by atoms with Crippen LogP contribution in [-0.4, -0.2) is 18.2 Å². The SMILES string of the molecule is C/C(=N/NC(=O)CNc1cccc(Cl)c1C)c1ccc(Br)cc1. The fraction of sp³-hybridized carbons (Fsp3) is 0.176. The van der Waals surface area contributed by atoms with Crippen LogP contribution in [-0.2, 0) is 4.79 Å². The van der Waals surface area contributed by atoms with Gasteiger partial charge in [-0.25, -0.2) is 5.43 Å². The Morgan fingerprint density at radius 2 is 1.91 bits per heavy atom. The number of hydrazone groups is 1. The van der Waals surface area contributed by atoms with E-state index in [1.165, 1.54) is 0 Å². The maximum Gasteiger partial charge on any atom is 0.259 e. The third-order valence-electron chi connectivity index (χ3n) is 3.32. The van der Waals surface area contributed by atoms with Gasteiger partial charge in [0.1, 0.15) is 0 Å². The molecule has 0 saturated heterocycles. The zero-order valence-corrected chi connectivity index (χ0v) is 15.2. The van der Waals surface area contributed by atoms with Crippen LogP contribution < -0.4 is 10.7 Å². The van der Waals surface area contributed by atoms with Gasteiger partial charge in [0.2, 0.25) is 0 Å². The molecule has 0 aliphatic heterocycles. The summed E-state index contributed by atoms with van der Waals surface area (Å²) < 4.78 is 0.999. The molecular weight excluding hydrogens is 378 g/mol. The maximum atomic E-state index is 11.9. The van der Waals surface area contributed by atoms with E-state index in [0.717, 1.165) is 27.0 Å². The van der Waals surface area contributed by atoms with Gasteiger partial charge in [-0.1, -0.05) is 45.7 Å². The van der Waals surface area contributed by atoms with Gasteiger partial charge in [-0.05, 0) is 49.2 Å². The van der Waals surface area contributed by atoms with E-state index in [1.807, 2.05) is 56.3 Å². The lowest BCUT2D eigenvalue weighted by atomic mass is 10.1. The Hall–Kier alpha value is -1.85. The lowest BCUT2D eigenvalue weighted by Gasteiger charge is -2.10. The predicted octanol–water partition coefficient (Wildman–Crippen LogP) is 4.36. The highest BCUT2D eigenvalue weighted by atomic mass is 79.9. The Morgan fingerprint density at radius 3 is 2.61 bits per heavy atom. The monoisotopic (exact) mass is 393 g/mol. The minimum Gasteiger partial charge on any atom is -0.376 e. The molecule has 2 aromatic rings. The molecule has 0 saturated carbocycles. The first-order chi connectivity index (χ1) is 11.0. The normalized spacial score (nSPS) is 11.2. The number of benzene rings is 2. The van der Waals surface area contributed by atoms with Crippen molar-refractivity contribution in [2.45, 2.75) is 13.8 Å². The third kappa shape index (κ3) is 5.08. The first-order valence-electron chi connectivity index (χ1n) is 7.05. The summed E-state index contributed by atoms with van der Waals surface area (Å²) in [7, 11) is 0. The molecule has 0 bridgehead atoms. The Bertz CT molecular complexity index is 729. The molecule has 0 heterocycles. The molecule has 23 heavy (non-hydrogen) atoms. The van der Waals surface area contributed by atoms with Crippen molar-refractivity contribution in [3.05, 3.63) is 63.1 Å². The number of rotatable bonds is 5. The zero-order chi connectivity index (χ0) is 16.8. The molecule has 0 aliphatic carbocycles. The zero-order valence-electron chi connectivity index (χ0n) is 12.9. The first kappa shape index (κ1) is 17.5. The molecule has 0 atom stereocenters. The average Bonchev–Trinajstić information content (AvgIpc) is 2.54. The van der Waals surface area contributed by atoms with Crippen molar-refractivity contribution in [3.63, 3.8) is 0 Å². The average molecular weight is 395 g/mol. The van der Waals surface area contributed by atoms with E-state index < -0.39 is 0 Å². The maximum absolute atomic E-state index is 11.9. The number of hydrogen-bond acceptors (Lipinski definition) is 3. The lowest BCUT2D eigenvalue weighted by molar-refractivity contribution is -0.119. The van der Waals surface area contributed by atoms with Crippen LogP contribution in [0, 0.1) is 6.92 Å². The molecule has 0 unspecified atom stereocenters. The number of carbonyl (C=O) groups is 1. The van der Waals surface area contributed by atoms with E-state index in [1.54, 1.807) is 0 Å². The van der Waals surface area contributed by atoms with Gasteiger partial charge in [-0.3, -0.25) is 4.79 Å². The largest absolute Gasteiger partial charge is 0.376 e. The van der Waals surface area contributed by atoms with Crippen LogP contribution in [0.2, 0.25) is 5.02 Å². The molecule has 0 fully saturated rings. The summed E-state index contributed by atoms with van der Waals surface area (Å²) >= 11 is 9.43. The van der Waals surface area contributed by atoms with Gasteiger partial charge in [0.05, 0.1) is 12.3 Å². The van der Waals surface area contributed by atoms with Crippen molar-refractivity contribution in [1.29, 1.82) is 0 Å². The number of nitrogens with zero attached hydrogens (tertiary/aromatic N) is 1. The molecule has 2 rings (SSSR count). The van der Waals surface area contributed by atoms with Crippen LogP contribution in [0.1, 0.15) is 18.1 Å². The molecule has 0 spiro atoms. The third-order valence-corrected chi connectivity index (χ3v) is 4.26. The molecule has 120 valence electrons. The van der Waals surface area contributed by atoms with Crippen LogP contribution >= 0.6 is 27.5 Å². The Morgan fingerprint density at radius 1 is 1.22 bits per heavy atom. The highest BCUT2D eigenvalue weighted by molar-refractivity contribution is 9.10. The van der Waals surface area contributed by atoms with E-state index in [-0.39, 0.29) is 12.5 Å². The van der Waals surface area contributed by atoms with Crippen molar-refractivity contribution in [2.75, 3.05) is 11.9 Å². The Kier molecular flexibility index (Phi) is 6.19. The second-order valence-corrected chi connectivity index (χ2v) is 6.33. The Balaban J connectivity index is 1.91. The number of hydrogen-bond donors (Lipinski definition) is 2. The van der Waals surface area contributed by atoms with Gasteiger partial charge in [0.15, 0.2) is 0 Å². The van der Waals surface area contributed by atoms with E-state index in [0.29, 0.717) is 5.02 Å².